The summed E-state index contributed by atoms with van der Waals surface area (Å²) in [4.78, 5) is 24.5. The van der Waals surface area contributed by atoms with E-state index in [0.29, 0.717) is 35.9 Å². The average molecular weight is 521 g/mol. The molecule has 1 fully saturated rings. The van der Waals surface area contributed by atoms with Crippen LogP contribution in [0.1, 0.15) is 37.7 Å². The van der Waals surface area contributed by atoms with Crippen LogP contribution in [0, 0.1) is 0 Å². The monoisotopic (exact) mass is 520 g/mol. The predicted molar refractivity (Wildman–Crippen MR) is 140 cm³/mol. The molecule has 9 heteroatoms. The molecule has 1 aliphatic rings. The summed E-state index contributed by atoms with van der Waals surface area (Å²) in [5.41, 5.74) is 1.75. The van der Waals surface area contributed by atoms with Gasteiger partial charge in [-0.05, 0) is 61.9 Å². The molecular formula is C28H28N2O6S. The third-order valence-corrected chi connectivity index (χ3v) is 8.44. The molecule has 0 radical (unpaired) electrons. The van der Waals surface area contributed by atoms with Crippen LogP contribution in [0.5, 0.6) is 0 Å². The highest BCUT2D eigenvalue weighted by Crippen LogP contribution is 2.48. The third kappa shape index (κ3) is 5.10. The fourth-order valence-corrected chi connectivity index (χ4v) is 5.98. The van der Waals surface area contributed by atoms with Gasteiger partial charge in [0.05, 0.1) is 10.3 Å². The Balaban J connectivity index is 1.17. The number of fused-ring (bicyclic) bond motifs is 3. The number of sulfonamides is 1. The normalized spacial score (nSPS) is 15.5. The molecule has 0 saturated heterocycles. The van der Waals surface area contributed by atoms with Crippen molar-refractivity contribution in [2.24, 2.45) is 0 Å². The van der Waals surface area contributed by atoms with Gasteiger partial charge in [-0.3, -0.25) is 9.59 Å². The zero-order chi connectivity index (χ0) is 26.0. The minimum Gasteiger partial charge on any atom is -0.480 e. The Morgan fingerprint density at radius 1 is 0.919 bits per heavy atom. The van der Waals surface area contributed by atoms with Gasteiger partial charge in [0.15, 0.2) is 0 Å². The highest BCUT2D eigenvalue weighted by atomic mass is 32.2. The molecule has 3 aromatic carbocycles. The molecule has 8 nitrogen and oxygen atoms in total. The van der Waals surface area contributed by atoms with E-state index in [-0.39, 0.29) is 17.2 Å². The number of benzene rings is 3. The van der Waals surface area contributed by atoms with Gasteiger partial charge < -0.3 is 14.8 Å². The molecule has 37 heavy (non-hydrogen) atoms. The predicted octanol–water partition coefficient (Wildman–Crippen LogP) is 4.34. The maximum atomic E-state index is 13.0. The van der Waals surface area contributed by atoms with Crippen LogP contribution in [0.2, 0.25) is 0 Å². The Morgan fingerprint density at radius 2 is 1.62 bits per heavy atom. The number of rotatable bonds is 11. The molecule has 4 aromatic rings. The van der Waals surface area contributed by atoms with Crippen molar-refractivity contribution >= 4 is 43.8 Å². The fraction of sp³-hybridized carbons (Fsp3) is 0.286. The first kappa shape index (κ1) is 25.0. The smallest absolute Gasteiger partial charge is 0.321 e. The van der Waals surface area contributed by atoms with E-state index in [1.54, 1.807) is 12.1 Å². The number of hydrogen-bond donors (Lipinski definition) is 3. The lowest BCUT2D eigenvalue weighted by Crippen LogP contribution is -2.40. The Bertz CT molecular complexity index is 1560. The quantitative estimate of drug-likeness (QED) is 0.253. The topological polar surface area (TPSA) is 126 Å². The summed E-state index contributed by atoms with van der Waals surface area (Å²) in [5, 5.41) is 14.0. The second kappa shape index (κ2) is 9.99. The molecule has 1 atom stereocenters. The van der Waals surface area contributed by atoms with E-state index < -0.39 is 27.4 Å². The van der Waals surface area contributed by atoms with Crippen LogP contribution in [0.25, 0.3) is 21.9 Å². The molecule has 1 saturated carbocycles. The van der Waals surface area contributed by atoms with Gasteiger partial charge in [0, 0.05) is 17.3 Å². The number of nitrogens with one attached hydrogen (secondary N) is 2. The number of unbranched alkanes of at least 4 members (excludes halogenated alkanes) is 1. The van der Waals surface area contributed by atoms with Crippen molar-refractivity contribution in [3.05, 3.63) is 78.4 Å². The van der Waals surface area contributed by atoms with Crippen molar-refractivity contribution in [3.8, 4) is 0 Å². The van der Waals surface area contributed by atoms with Crippen LogP contribution < -0.4 is 10.0 Å². The van der Waals surface area contributed by atoms with E-state index in [1.807, 2.05) is 48.5 Å². The lowest BCUT2D eigenvalue weighted by molar-refractivity contribution is -0.139. The van der Waals surface area contributed by atoms with E-state index in [0.717, 1.165) is 23.8 Å². The van der Waals surface area contributed by atoms with Crippen LogP contribution in [0.3, 0.4) is 0 Å². The van der Waals surface area contributed by atoms with Crippen molar-refractivity contribution < 1.29 is 27.5 Å². The molecule has 1 aliphatic carbocycles. The second-order valence-corrected chi connectivity index (χ2v) is 11.2. The van der Waals surface area contributed by atoms with Gasteiger partial charge in [0.2, 0.25) is 15.9 Å². The van der Waals surface area contributed by atoms with Crippen LogP contribution in [0.15, 0.2) is 82.1 Å². The zero-order valence-corrected chi connectivity index (χ0v) is 21.0. The van der Waals surface area contributed by atoms with Crippen LogP contribution in [-0.4, -0.2) is 38.0 Å². The second-order valence-electron chi connectivity index (χ2n) is 9.47. The number of furan rings is 1. The molecular weight excluding hydrogens is 492 g/mol. The van der Waals surface area contributed by atoms with E-state index >= 15 is 0 Å². The zero-order valence-electron chi connectivity index (χ0n) is 20.1. The summed E-state index contributed by atoms with van der Waals surface area (Å²) >= 11 is 0. The molecule has 1 unspecified atom stereocenters. The first-order valence-electron chi connectivity index (χ1n) is 12.3. The number of carboxylic acids is 1. The molecule has 192 valence electrons. The summed E-state index contributed by atoms with van der Waals surface area (Å²) in [6, 6.07) is 20.2. The van der Waals surface area contributed by atoms with E-state index in [2.05, 4.69) is 10.0 Å². The number of hydrogen-bond acceptors (Lipinski definition) is 5. The number of aliphatic carboxylic acids is 1. The van der Waals surface area contributed by atoms with Gasteiger partial charge in [-0.25, -0.2) is 8.42 Å². The van der Waals surface area contributed by atoms with Gasteiger partial charge >= 0.3 is 5.97 Å². The SMILES string of the molecule is O=C(O)C(CCCCNC(=O)C1(c2ccccc2)CC1)NS(=O)(=O)c1ccc2oc3ccccc3c2c1. The van der Waals surface area contributed by atoms with Crippen LogP contribution in [-0.2, 0) is 25.0 Å². The summed E-state index contributed by atoms with van der Waals surface area (Å²) in [7, 11) is -4.08. The van der Waals surface area contributed by atoms with Crippen molar-refractivity contribution in [2.75, 3.05) is 6.54 Å². The lowest BCUT2D eigenvalue weighted by Gasteiger charge is -2.17. The maximum Gasteiger partial charge on any atom is 0.321 e. The molecule has 1 aromatic heterocycles. The average Bonchev–Trinajstić information content (AvgIpc) is 3.63. The van der Waals surface area contributed by atoms with Crippen LogP contribution >= 0.6 is 0 Å². The first-order valence-corrected chi connectivity index (χ1v) is 13.8. The lowest BCUT2D eigenvalue weighted by atomic mass is 9.95. The number of para-hydroxylation sites is 1. The highest BCUT2D eigenvalue weighted by molar-refractivity contribution is 7.89. The molecule has 0 aliphatic heterocycles. The van der Waals surface area contributed by atoms with Gasteiger partial charge in [0.1, 0.15) is 17.2 Å². The summed E-state index contributed by atoms with van der Waals surface area (Å²) in [6.07, 6.45) is 2.70. The molecule has 5 rings (SSSR count). The Morgan fingerprint density at radius 3 is 2.35 bits per heavy atom. The number of amides is 1. The molecule has 3 N–H and O–H groups in total. The Labute approximate surface area is 214 Å². The molecule has 0 bridgehead atoms. The van der Waals surface area contributed by atoms with Crippen molar-refractivity contribution in [2.45, 2.75) is 48.5 Å². The van der Waals surface area contributed by atoms with E-state index in [1.165, 1.54) is 12.1 Å². The minimum atomic E-state index is -4.08. The molecule has 1 heterocycles. The van der Waals surface area contributed by atoms with Gasteiger partial charge in [-0.2, -0.15) is 4.72 Å². The molecule has 0 spiro atoms. The Hall–Kier alpha value is -3.69. The van der Waals surface area contributed by atoms with Crippen molar-refractivity contribution in [1.82, 2.24) is 10.0 Å². The third-order valence-electron chi connectivity index (χ3n) is 6.97. The van der Waals surface area contributed by atoms with E-state index in [9.17, 15) is 23.1 Å². The van der Waals surface area contributed by atoms with Crippen molar-refractivity contribution in [1.29, 1.82) is 0 Å². The summed E-state index contributed by atoms with van der Waals surface area (Å²) in [5.74, 6) is -1.26. The number of carbonyl (C=O) groups excluding carboxylic acids is 1. The maximum absolute atomic E-state index is 13.0. The number of carboxylic acid groups (broad SMARTS) is 1. The highest BCUT2D eigenvalue weighted by Gasteiger charge is 2.50. The van der Waals surface area contributed by atoms with E-state index in [4.69, 9.17) is 4.42 Å². The molecule has 1 amide bonds. The van der Waals surface area contributed by atoms with Gasteiger partial charge in [-0.1, -0.05) is 48.5 Å². The standard InChI is InChI=1S/C28H28N2O6S/c31-26(32)23(11-6-7-17-29-27(33)28(15-16-28)19-8-2-1-3-9-19)30-37(34,35)20-13-14-25-22(18-20)21-10-4-5-12-24(21)36-25/h1-5,8-10,12-14,18,23,30H,6-7,11,15-17H2,(H,29,33)(H,31,32). The van der Waals surface area contributed by atoms with Gasteiger partial charge in [-0.15, -0.1) is 0 Å². The summed E-state index contributed by atoms with van der Waals surface area (Å²) < 4.78 is 34.1. The largest absolute Gasteiger partial charge is 0.480 e. The van der Waals surface area contributed by atoms with Crippen molar-refractivity contribution in [3.63, 3.8) is 0 Å². The van der Waals surface area contributed by atoms with Gasteiger partial charge in [0.25, 0.3) is 0 Å². The minimum absolute atomic E-state index is 0.0173. The Kier molecular flexibility index (Phi) is 6.74. The van der Waals surface area contributed by atoms with Crippen LogP contribution in [0.4, 0.5) is 0 Å². The first-order chi connectivity index (χ1) is 17.8. The number of carbonyl (C=O) groups is 2. The summed E-state index contributed by atoms with van der Waals surface area (Å²) in [6.45, 7) is 0.400. The fourth-order valence-electron chi connectivity index (χ4n) is 4.73.